The molecule has 0 radical (unpaired) electrons. The Labute approximate surface area is 117 Å². The molecule has 1 aliphatic rings. The van der Waals surface area contributed by atoms with Crippen LogP contribution >= 0.6 is 0 Å². The van der Waals surface area contributed by atoms with Gasteiger partial charge < -0.3 is 10.2 Å². The number of hydrogen-bond acceptors (Lipinski definition) is 3. The highest BCUT2D eigenvalue weighted by Crippen LogP contribution is 2.22. The summed E-state index contributed by atoms with van der Waals surface area (Å²) in [5.74, 6) is 0.684. The van der Waals surface area contributed by atoms with E-state index >= 15 is 0 Å². The SMILES string of the molecule is O=C1CC/C(=N\Oc2ccccc2)c2ccccc2N1. The lowest BCUT2D eigenvalue weighted by Gasteiger charge is -2.07. The number of hydrogen-bond donors (Lipinski definition) is 1. The predicted octanol–water partition coefficient (Wildman–Crippen LogP) is 3.20. The fraction of sp³-hybridized carbons (Fsp3) is 0.125. The van der Waals surface area contributed by atoms with Gasteiger partial charge in [-0.15, -0.1) is 0 Å². The van der Waals surface area contributed by atoms with Gasteiger partial charge in [-0.3, -0.25) is 4.79 Å². The number of oxime groups is 1. The standard InChI is InChI=1S/C16H14N2O2/c19-16-11-10-15(13-8-4-5-9-14(13)17-16)18-20-12-6-2-1-3-7-12/h1-9H,10-11H2,(H,17,19)/b18-15+. The molecule has 0 saturated heterocycles. The topological polar surface area (TPSA) is 50.7 Å². The number of anilines is 1. The quantitative estimate of drug-likeness (QED) is 0.848. The Bertz CT molecular complexity index is 651. The summed E-state index contributed by atoms with van der Waals surface area (Å²) in [4.78, 5) is 17.1. The van der Waals surface area contributed by atoms with Crippen LogP contribution < -0.4 is 10.2 Å². The predicted molar refractivity (Wildman–Crippen MR) is 77.9 cm³/mol. The third kappa shape index (κ3) is 2.69. The summed E-state index contributed by atoms with van der Waals surface area (Å²) in [5, 5.41) is 7.09. The van der Waals surface area contributed by atoms with E-state index in [1.165, 1.54) is 0 Å². The van der Waals surface area contributed by atoms with Crippen molar-refractivity contribution in [2.75, 3.05) is 5.32 Å². The molecule has 0 aliphatic carbocycles. The van der Waals surface area contributed by atoms with Gasteiger partial charge in [0.1, 0.15) is 0 Å². The molecule has 3 rings (SSSR count). The number of benzene rings is 2. The molecular weight excluding hydrogens is 252 g/mol. The summed E-state index contributed by atoms with van der Waals surface area (Å²) in [7, 11) is 0. The van der Waals surface area contributed by atoms with Crippen molar-refractivity contribution in [3.05, 3.63) is 60.2 Å². The fourth-order valence-corrected chi connectivity index (χ4v) is 2.11. The van der Waals surface area contributed by atoms with Gasteiger partial charge in [0, 0.05) is 24.1 Å². The number of carbonyl (C=O) groups is 1. The zero-order valence-corrected chi connectivity index (χ0v) is 10.9. The van der Waals surface area contributed by atoms with Gasteiger partial charge in [0.25, 0.3) is 0 Å². The number of nitrogens with zero attached hydrogens (tertiary/aromatic N) is 1. The van der Waals surface area contributed by atoms with E-state index in [9.17, 15) is 4.79 Å². The van der Waals surface area contributed by atoms with E-state index in [4.69, 9.17) is 4.84 Å². The van der Waals surface area contributed by atoms with Gasteiger partial charge in [0.15, 0.2) is 5.75 Å². The van der Waals surface area contributed by atoms with E-state index in [0.717, 1.165) is 17.0 Å². The monoisotopic (exact) mass is 266 g/mol. The van der Waals surface area contributed by atoms with Crippen LogP contribution in [-0.2, 0) is 4.79 Å². The molecule has 0 unspecified atom stereocenters. The minimum absolute atomic E-state index is 0.00219. The normalized spacial score (nSPS) is 16.2. The average molecular weight is 266 g/mol. The van der Waals surface area contributed by atoms with Gasteiger partial charge in [0.05, 0.1) is 5.71 Å². The number of carbonyl (C=O) groups excluding carboxylic acids is 1. The maximum absolute atomic E-state index is 11.7. The second kappa shape index (κ2) is 5.57. The first-order valence-electron chi connectivity index (χ1n) is 6.51. The summed E-state index contributed by atoms with van der Waals surface area (Å²) >= 11 is 0. The van der Waals surface area contributed by atoms with E-state index < -0.39 is 0 Å². The second-order valence-corrected chi connectivity index (χ2v) is 4.54. The van der Waals surface area contributed by atoms with Crippen molar-refractivity contribution >= 4 is 17.3 Å². The lowest BCUT2D eigenvalue weighted by Crippen LogP contribution is -2.08. The first-order valence-corrected chi connectivity index (χ1v) is 6.51. The zero-order valence-electron chi connectivity index (χ0n) is 10.9. The molecule has 0 atom stereocenters. The third-order valence-electron chi connectivity index (χ3n) is 3.11. The molecule has 0 spiro atoms. The summed E-state index contributed by atoms with van der Waals surface area (Å²) in [5.41, 5.74) is 2.47. The molecule has 4 heteroatoms. The molecule has 2 aromatic rings. The average Bonchev–Trinajstić information content (AvgIpc) is 2.65. The van der Waals surface area contributed by atoms with Gasteiger partial charge in [0.2, 0.25) is 5.91 Å². The zero-order chi connectivity index (χ0) is 13.8. The summed E-state index contributed by atoms with van der Waals surface area (Å²) in [6.45, 7) is 0. The Morgan fingerprint density at radius 2 is 1.70 bits per heavy atom. The first kappa shape index (κ1) is 12.4. The van der Waals surface area contributed by atoms with Crippen LogP contribution in [0.15, 0.2) is 59.8 Å². The largest absolute Gasteiger partial charge is 0.357 e. The molecule has 100 valence electrons. The molecule has 1 heterocycles. The number of rotatable bonds is 2. The maximum atomic E-state index is 11.7. The highest BCUT2D eigenvalue weighted by Gasteiger charge is 2.18. The van der Waals surface area contributed by atoms with Crippen LogP contribution in [0.2, 0.25) is 0 Å². The van der Waals surface area contributed by atoms with Gasteiger partial charge in [-0.05, 0) is 18.2 Å². The van der Waals surface area contributed by atoms with E-state index in [-0.39, 0.29) is 5.91 Å². The van der Waals surface area contributed by atoms with Crippen LogP contribution in [0, 0.1) is 0 Å². The van der Waals surface area contributed by atoms with Crippen molar-refractivity contribution in [3.8, 4) is 5.75 Å². The lowest BCUT2D eigenvalue weighted by atomic mass is 10.1. The minimum Gasteiger partial charge on any atom is -0.357 e. The van der Waals surface area contributed by atoms with Crippen molar-refractivity contribution in [1.82, 2.24) is 0 Å². The summed E-state index contributed by atoms with van der Waals surface area (Å²) in [6, 6.07) is 17.0. The van der Waals surface area contributed by atoms with E-state index in [1.807, 2.05) is 54.6 Å². The Morgan fingerprint density at radius 1 is 0.950 bits per heavy atom. The Hall–Kier alpha value is -2.62. The summed E-state index contributed by atoms with van der Waals surface area (Å²) < 4.78 is 0. The van der Waals surface area contributed by atoms with Gasteiger partial charge in [-0.25, -0.2) is 0 Å². The number of nitrogens with one attached hydrogen (secondary N) is 1. The molecule has 20 heavy (non-hydrogen) atoms. The van der Waals surface area contributed by atoms with Crippen LogP contribution in [0.3, 0.4) is 0 Å². The van der Waals surface area contributed by atoms with Crippen molar-refractivity contribution in [3.63, 3.8) is 0 Å². The molecule has 0 saturated carbocycles. The van der Waals surface area contributed by atoms with E-state index in [0.29, 0.717) is 18.6 Å². The molecular formula is C16H14N2O2. The highest BCUT2D eigenvalue weighted by molar-refractivity contribution is 6.11. The first-order chi connectivity index (χ1) is 9.83. The maximum Gasteiger partial charge on any atom is 0.224 e. The van der Waals surface area contributed by atoms with E-state index in [2.05, 4.69) is 10.5 Å². The summed E-state index contributed by atoms with van der Waals surface area (Å²) in [6.07, 6.45) is 0.974. The smallest absolute Gasteiger partial charge is 0.224 e. The van der Waals surface area contributed by atoms with Crippen molar-refractivity contribution in [2.45, 2.75) is 12.8 Å². The highest BCUT2D eigenvalue weighted by atomic mass is 16.6. The van der Waals surface area contributed by atoms with Crippen molar-refractivity contribution in [2.24, 2.45) is 5.16 Å². The van der Waals surface area contributed by atoms with Gasteiger partial charge in [-0.2, -0.15) is 0 Å². The molecule has 4 nitrogen and oxygen atoms in total. The van der Waals surface area contributed by atoms with Crippen LogP contribution in [0.5, 0.6) is 5.75 Å². The molecule has 1 N–H and O–H groups in total. The fourth-order valence-electron chi connectivity index (χ4n) is 2.11. The molecule has 0 fully saturated rings. The second-order valence-electron chi connectivity index (χ2n) is 4.54. The third-order valence-corrected chi connectivity index (χ3v) is 3.11. The van der Waals surface area contributed by atoms with Crippen LogP contribution in [0.1, 0.15) is 18.4 Å². The Balaban J connectivity index is 1.91. The molecule has 0 bridgehead atoms. The van der Waals surface area contributed by atoms with Crippen molar-refractivity contribution in [1.29, 1.82) is 0 Å². The number of amides is 1. The van der Waals surface area contributed by atoms with Gasteiger partial charge >= 0.3 is 0 Å². The van der Waals surface area contributed by atoms with Gasteiger partial charge in [-0.1, -0.05) is 41.6 Å². The van der Waals surface area contributed by atoms with Crippen LogP contribution in [-0.4, -0.2) is 11.6 Å². The van der Waals surface area contributed by atoms with Crippen molar-refractivity contribution < 1.29 is 9.63 Å². The molecule has 0 aromatic heterocycles. The molecule has 2 aromatic carbocycles. The lowest BCUT2D eigenvalue weighted by molar-refractivity contribution is -0.116. The van der Waals surface area contributed by atoms with Crippen LogP contribution in [0.4, 0.5) is 5.69 Å². The Kier molecular flexibility index (Phi) is 3.46. The molecule has 1 aliphatic heterocycles. The number of para-hydroxylation sites is 2. The number of fused-ring (bicyclic) bond motifs is 1. The van der Waals surface area contributed by atoms with E-state index in [1.54, 1.807) is 0 Å². The minimum atomic E-state index is 0.00219. The van der Waals surface area contributed by atoms with Crippen LogP contribution in [0.25, 0.3) is 0 Å². The molecule has 1 amide bonds. The Morgan fingerprint density at radius 3 is 2.55 bits per heavy atom.